The fraction of sp³-hybridized carbons (Fsp3) is 0.762. The number of nitrogens with zero attached hydrogens (tertiary/aromatic N) is 2. The molecule has 29 heavy (non-hydrogen) atoms. The van der Waals surface area contributed by atoms with Crippen molar-refractivity contribution in [3.63, 3.8) is 0 Å². The van der Waals surface area contributed by atoms with Crippen LogP contribution in [-0.2, 0) is 16.1 Å². The van der Waals surface area contributed by atoms with Gasteiger partial charge in [-0.1, -0.05) is 48.0 Å². The minimum Gasteiger partial charge on any atom is -0.383 e. The van der Waals surface area contributed by atoms with Gasteiger partial charge in [-0.15, -0.1) is 11.3 Å². The van der Waals surface area contributed by atoms with Crippen LogP contribution in [0.2, 0.25) is 0 Å². The van der Waals surface area contributed by atoms with Crippen LogP contribution in [0.25, 0.3) is 0 Å². The van der Waals surface area contributed by atoms with Gasteiger partial charge in [0.05, 0.1) is 0 Å². The largest absolute Gasteiger partial charge is 0.383 e. The molecule has 166 valence electrons. The molecule has 2 unspecified atom stereocenters. The number of thiazole rings is 1. The first-order valence-corrected chi connectivity index (χ1v) is 11.2. The summed E-state index contributed by atoms with van der Waals surface area (Å²) in [6, 6.07) is -0.703. The van der Waals surface area contributed by atoms with Crippen molar-refractivity contribution in [1.82, 2.24) is 15.2 Å². The minimum atomic E-state index is -1.18. The normalized spacial score (nSPS) is 14.1. The van der Waals surface area contributed by atoms with E-state index in [-0.39, 0.29) is 5.91 Å². The van der Waals surface area contributed by atoms with Crippen molar-refractivity contribution >= 4 is 28.3 Å². The summed E-state index contributed by atoms with van der Waals surface area (Å²) in [5, 5.41) is 16.2. The maximum absolute atomic E-state index is 12.7. The van der Waals surface area contributed by atoms with Crippen LogP contribution in [0.1, 0.15) is 65.7 Å². The maximum atomic E-state index is 12.7. The average molecular weight is 427 g/mol. The highest BCUT2D eigenvalue weighted by molar-refractivity contribution is 7.15. The van der Waals surface area contributed by atoms with Crippen molar-refractivity contribution in [3.05, 3.63) is 11.1 Å². The predicted octanol–water partition coefficient (Wildman–Crippen LogP) is 3.25. The van der Waals surface area contributed by atoms with E-state index in [9.17, 15) is 14.7 Å². The molecular formula is C21H38N4O3S. The predicted molar refractivity (Wildman–Crippen MR) is 119 cm³/mol. The Labute approximate surface area is 179 Å². The third kappa shape index (κ3) is 9.23. The summed E-state index contributed by atoms with van der Waals surface area (Å²) in [6.45, 7) is 13.5. The van der Waals surface area contributed by atoms with E-state index in [2.05, 4.69) is 41.4 Å². The van der Waals surface area contributed by atoms with Crippen molar-refractivity contribution < 1.29 is 14.7 Å². The van der Waals surface area contributed by atoms with Crippen LogP contribution in [0.15, 0.2) is 6.20 Å². The van der Waals surface area contributed by atoms with E-state index < -0.39 is 23.5 Å². The topological polar surface area (TPSA) is 94.6 Å². The summed E-state index contributed by atoms with van der Waals surface area (Å²) in [6.07, 6.45) is 2.96. The van der Waals surface area contributed by atoms with Crippen LogP contribution in [0.5, 0.6) is 0 Å². The minimum absolute atomic E-state index is 0.310. The number of aliphatic hydroxyl groups is 1. The van der Waals surface area contributed by atoms with Gasteiger partial charge in [0.15, 0.2) is 5.13 Å². The van der Waals surface area contributed by atoms with Crippen molar-refractivity contribution in [3.8, 4) is 0 Å². The Hall–Kier alpha value is -1.51. The van der Waals surface area contributed by atoms with E-state index in [0.29, 0.717) is 17.5 Å². The van der Waals surface area contributed by atoms with E-state index >= 15 is 0 Å². The smallest absolute Gasteiger partial charge is 0.250 e. The zero-order valence-electron chi connectivity index (χ0n) is 18.9. The van der Waals surface area contributed by atoms with E-state index in [1.165, 1.54) is 11.3 Å². The second-order valence-corrected chi connectivity index (χ2v) is 10.3. The molecule has 2 atom stereocenters. The van der Waals surface area contributed by atoms with E-state index in [1.54, 1.807) is 27.0 Å². The molecular weight excluding hydrogens is 388 g/mol. The molecule has 8 heteroatoms. The molecule has 0 aromatic carbocycles. The molecule has 1 rings (SSSR count). The number of nitrogens with one attached hydrogen (secondary N) is 2. The molecule has 0 bridgehead atoms. The highest BCUT2D eigenvalue weighted by Gasteiger charge is 2.31. The molecule has 1 aromatic rings. The Morgan fingerprint density at radius 2 is 1.90 bits per heavy atom. The molecule has 0 radical (unpaired) electrons. The number of aliphatic hydroxyl groups excluding tert-OH is 1. The lowest BCUT2D eigenvalue weighted by atomic mass is 9.88. The fourth-order valence-corrected chi connectivity index (χ4v) is 3.55. The Kier molecular flexibility index (Phi) is 10.2. The quantitative estimate of drug-likeness (QED) is 0.505. The number of carbonyl (C=O) groups is 2. The maximum Gasteiger partial charge on any atom is 0.250 e. The Bertz CT molecular complexity index is 655. The van der Waals surface area contributed by atoms with Crippen LogP contribution < -0.4 is 10.6 Å². The highest BCUT2D eigenvalue weighted by Crippen LogP contribution is 2.21. The Balaban J connectivity index is 2.67. The Morgan fingerprint density at radius 3 is 2.45 bits per heavy atom. The van der Waals surface area contributed by atoms with Gasteiger partial charge < -0.3 is 20.6 Å². The van der Waals surface area contributed by atoms with Gasteiger partial charge in [-0.2, -0.15) is 0 Å². The second-order valence-electron chi connectivity index (χ2n) is 9.16. The summed E-state index contributed by atoms with van der Waals surface area (Å²) < 4.78 is 0. The van der Waals surface area contributed by atoms with Crippen LogP contribution in [0.4, 0.5) is 5.13 Å². The number of hydrogen-bond acceptors (Lipinski definition) is 6. The van der Waals surface area contributed by atoms with Gasteiger partial charge in [-0.25, -0.2) is 4.98 Å². The van der Waals surface area contributed by atoms with Gasteiger partial charge in [0.25, 0.3) is 0 Å². The number of rotatable bonds is 11. The first kappa shape index (κ1) is 25.5. The van der Waals surface area contributed by atoms with E-state index in [4.69, 9.17) is 0 Å². The van der Waals surface area contributed by atoms with Gasteiger partial charge in [-0.3, -0.25) is 9.59 Å². The van der Waals surface area contributed by atoms with Crippen LogP contribution in [-0.4, -0.2) is 52.5 Å². The third-order valence-corrected chi connectivity index (χ3v) is 5.47. The molecule has 0 spiro atoms. The highest BCUT2D eigenvalue weighted by atomic mass is 32.1. The van der Waals surface area contributed by atoms with Crippen molar-refractivity contribution in [2.75, 3.05) is 18.9 Å². The molecule has 0 saturated heterocycles. The third-order valence-electron chi connectivity index (χ3n) is 4.58. The lowest BCUT2D eigenvalue weighted by Crippen LogP contribution is -2.50. The fourth-order valence-electron chi connectivity index (χ4n) is 2.66. The van der Waals surface area contributed by atoms with Gasteiger partial charge in [0.1, 0.15) is 12.1 Å². The number of anilines is 1. The van der Waals surface area contributed by atoms with E-state index in [1.807, 2.05) is 6.92 Å². The van der Waals surface area contributed by atoms with Crippen molar-refractivity contribution in [2.24, 2.45) is 11.3 Å². The second kappa shape index (κ2) is 11.6. The summed E-state index contributed by atoms with van der Waals surface area (Å²) in [5.41, 5.74) is -0.594. The number of aromatic nitrogens is 1. The summed E-state index contributed by atoms with van der Waals surface area (Å²) in [4.78, 5) is 32.6. The molecule has 1 heterocycles. The lowest BCUT2D eigenvalue weighted by Gasteiger charge is -2.26. The molecule has 3 N–H and O–H groups in total. The van der Waals surface area contributed by atoms with Gasteiger partial charge in [-0.05, 0) is 37.8 Å². The van der Waals surface area contributed by atoms with Gasteiger partial charge in [0, 0.05) is 17.6 Å². The SMILES string of the molecule is CCCC(NC(=O)C(O)C(C)(C)C)C(=O)Nc1ncc(CN(C)CCC(C)C)s1. The van der Waals surface area contributed by atoms with Crippen LogP contribution >= 0.6 is 11.3 Å². The monoisotopic (exact) mass is 426 g/mol. The van der Waals surface area contributed by atoms with Gasteiger partial charge in [0.2, 0.25) is 11.8 Å². The van der Waals surface area contributed by atoms with E-state index in [0.717, 1.165) is 30.8 Å². The van der Waals surface area contributed by atoms with Crippen LogP contribution in [0, 0.1) is 11.3 Å². The molecule has 0 fully saturated rings. The van der Waals surface area contributed by atoms with Crippen molar-refractivity contribution in [1.29, 1.82) is 0 Å². The van der Waals surface area contributed by atoms with Gasteiger partial charge >= 0.3 is 0 Å². The summed E-state index contributed by atoms with van der Waals surface area (Å²) in [7, 11) is 2.08. The molecule has 0 aliphatic rings. The molecule has 1 aromatic heterocycles. The summed E-state index contributed by atoms with van der Waals surface area (Å²) >= 11 is 1.44. The first-order chi connectivity index (χ1) is 13.4. The number of carbonyl (C=O) groups excluding carboxylic acids is 2. The zero-order chi connectivity index (χ0) is 22.2. The lowest BCUT2D eigenvalue weighted by molar-refractivity contribution is -0.137. The molecule has 0 aliphatic heterocycles. The molecule has 7 nitrogen and oxygen atoms in total. The van der Waals surface area contributed by atoms with Crippen LogP contribution in [0.3, 0.4) is 0 Å². The zero-order valence-corrected chi connectivity index (χ0v) is 19.7. The van der Waals surface area contributed by atoms with Crippen molar-refractivity contribution in [2.45, 2.75) is 79.5 Å². The Morgan fingerprint density at radius 1 is 1.24 bits per heavy atom. The standard InChI is InChI=1S/C21H38N4O3S/c1-8-9-16(23-19(28)17(26)21(4,5)6)18(27)24-20-22-12-15(29-20)13-25(7)11-10-14(2)3/h12,14,16-17,26H,8-11,13H2,1-7H3,(H,23,28)(H,22,24,27). The average Bonchev–Trinajstić information content (AvgIpc) is 3.04. The number of hydrogen-bond donors (Lipinski definition) is 3. The molecule has 2 amide bonds. The summed E-state index contributed by atoms with van der Waals surface area (Å²) in [5.74, 6) is -0.177. The number of amides is 2. The first-order valence-electron chi connectivity index (χ1n) is 10.4. The molecule has 0 aliphatic carbocycles. The molecule has 0 saturated carbocycles.